The molecule has 4 unspecified atom stereocenters. The molecule has 0 aliphatic carbocycles. The van der Waals surface area contributed by atoms with Crippen LogP contribution < -0.4 is 11.1 Å². The molecule has 25 heavy (non-hydrogen) atoms. The number of ether oxygens (including phenoxy) is 1. The minimum Gasteiger partial charge on any atom is -0.379 e. The van der Waals surface area contributed by atoms with E-state index in [0.29, 0.717) is 0 Å². The van der Waals surface area contributed by atoms with Crippen molar-refractivity contribution < 1.29 is 9.53 Å². The second kappa shape index (κ2) is 11.7. The van der Waals surface area contributed by atoms with Gasteiger partial charge in [-0.25, -0.2) is 0 Å². The lowest BCUT2D eigenvalue weighted by Crippen LogP contribution is -2.53. The van der Waals surface area contributed by atoms with Gasteiger partial charge >= 0.3 is 0 Å². The van der Waals surface area contributed by atoms with Gasteiger partial charge in [-0.05, 0) is 19.4 Å². The van der Waals surface area contributed by atoms with Crippen LogP contribution in [0.15, 0.2) is 30.3 Å². The molecule has 1 aliphatic heterocycles. The van der Waals surface area contributed by atoms with Crippen molar-refractivity contribution in [3.63, 3.8) is 0 Å². The monoisotopic (exact) mass is 391 g/mol. The predicted octanol–water partition coefficient (Wildman–Crippen LogP) is 2.39. The van der Waals surface area contributed by atoms with Crippen LogP contribution in [0.25, 0.3) is 0 Å². The van der Waals surface area contributed by atoms with E-state index in [2.05, 4.69) is 24.1 Å². The first-order valence-corrected chi connectivity index (χ1v) is 8.43. The summed E-state index contributed by atoms with van der Waals surface area (Å²) in [7, 11) is 0. The molecule has 3 N–H and O–H groups in total. The lowest BCUT2D eigenvalue weighted by Gasteiger charge is -2.36. The third kappa shape index (κ3) is 6.76. The quantitative estimate of drug-likeness (QED) is 0.780. The van der Waals surface area contributed by atoms with Gasteiger partial charge in [0.25, 0.3) is 0 Å². The lowest BCUT2D eigenvalue weighted by molar-refractivity contribution is -0.126. The highest BCUT2D eigenvalue weighted by molar-refractivity contribution is 5.85. The van der Waals surface area contributed by atoms with Crippen molar-refractivity contribution >= 4 is 30.7 Å². The summed E-state index contributed by atoms with van der Waals surface area (Å²) in [6.45, 7) is 9.46. The SMILES string of the molecule is CC(NC(=O)C(C)C(N)c1ccccc1)C(C)N1CCOCC1.Cl.Cl. The summed E-state index contributed by atoms with van der Waals surface area (Å²) in [5.74, 6) is -0.259. The Balaban J connectivity index is 0.00000288. The number of hydrogen-bond acceptors (Lipinski definition) is 4. The van der Waals surface area contributed by atoms with Gasteiger partial charge in [-0.3, -0.25) is 9.69 Å². The number of nitrogens with one attached hydrogen (secondary N) is 1. The average Bonchev–Trinajstić information content (AvgIpc) is 2.61. The number of halogens is 2. The number of carbonyl (C=O) groups excluding carboxylic acids is 1. The largest absolute Gasteiger partial charge is 0.379 e. The van der Waals surface area contributed by atoms with E-state index in [4.69, 9.17) is 10.5 Å². The first-order valence-electron chi connectivity index (χ1n) is 8.43. The smallest absolute Gasteiger partial charge is 0.225 e. The maximum atomic E-state index is 12.5. The minimum absolute atomic E-state index is 0. The normalized spacial score (nSPS) is 19.5. The second-order valence-corrected chi connectivity index (χ2v) is 6.41. The van der Waals surface area contributed by atoms with Crippen LogP contribution >= 0.6 is 24.8 Å². The molecular formula is C18H31Cl2N3O2. The molecular weight excluding hydrogens is 361 g/mol. The van der Waals surface area contributed by atoms with Gasteiger partial charge in [0, 0.05) is 31.2 Å². The summed E-state index contributed by atoms with van der Waals surface area (Å²) >= 11 is 0. The van der Waals surface area contributed by atoms with E-state index in [-0.39, 0.29) is 54.8 Å². The molecule has 1 aromatic rings. The summed E-state index contributed by atoms with van der Waals surface area (Å²) in [5.41, 5.74) is 7.24. The zero-order valence-corrected chi connectivity index (χ0v) is 16.8. The molecule has 1 aliphatic rings. The standard InChI is InChI=1S/C18H29N3O2.2ClH/c1-13(17(19)16-7-5-4-6-8-16)18(22)20-14(2)15(3)21-9-11-23-12-10-21;;/h4-8,13-15,17H,9-12,19H2,1-3H3,(H,20,22);2*1H. The zero-order valence-electron chi connectivity index (χ0n) is 15.2. The number of morpholine rings is 1. The summed E-state index contributed by atoms with van der Waals surface area (Å²) in [6.07, 6.45) is 0. The van der Waals surface area contributed by atoms with Crippen LogP contribution in [-0.2, 0) is 9.53 Å². The molecule has 0 radical (unpaired) electrons. The fraction of sp³-hybridized carbons (Fsp3) is 0.611. The van der Waals surface area contributed by atoms with Gasteiger partial charge in [-0.15, -0.1) is 24.8 Å². The minimum atomic E-state index is -0.290. The first kappa shape index (κ1) is 24.1. The molecule has 1 saturated heterocycles. The van der Waals surface area contributed by atoms with E-state index >= 15 is 0 Å². The van der Waals surface area contributed by atoms with Gasteiger partial charge in [0.1, 0.15) is 0 Å². The second-order valence-electron chi connectivity index (χ2n) is 6.41. The number of rotatable bonds is 6. The Morgan fingerprint density at radius 3 is 2.24 bits per heavy atom. The van der Waals surface area contributed by atoms with Gasteiger partial charge < -0.3 is 15.8 Å². The molecule has 0 bridgehead atoms. The van der Waals surface area contributed by atoms with Crippen molar-refractivity contribution in [2.45, 2.75) is 38.9 Å². The lowest BCUT2D eigenvalue weighted by atomic mass is 9.94. The molecule has 1 aromatic carbocycles. The topological polar surface area (TPSA) is 67.6 Å². The van der Waals surface area contributed by atoms with Crippen LogP contribution in [0, 0.1) is 5.92 Å². The Morgan fingerprint density at radius 2 is 1.68 bits per heavy atom. The summed E-state index contributed by atoms with van der Waals surface area (Å²) < 4.78 is 5.38. The van der Waals surface area contributed by atoms with Crippen molar-refractivity contribution in [1.29, 1.82) is 0 Å². The Kier molecular flexibility index (Phi) is 11.3. The predicted molar refractivity (Wildman–Crippen MR) is 106 cm³/mol. The number of carbonyl (C=O) groups is 1. The van der Waals surface area contributed by atoms with Crippen molar-refractivity contribution in [2.75, 3.05) is 26.3 Å². The van der Waals surface area contributed by atoms with E-state index in [1.807, 2.05) is 37.3 Å². The fourth-order valence-electron chi connectivity index (χ4n) is 2.90. The number of nitrogens with two attached hydrogens (primary N) is 1. The number of nitrogens with zero attached hydrogens (tertiary/aromatic N) is 1. The van der Waals surface area contributed by atoms with Gasteiger partial charge in [0.05, 0.1) is 19.1 Å². The molecule has 7 heteroatoms. The van der Waals surface area contributed by atoms with Gasteiger partial charge in [0.2, 0.25) is 5.91 Å². The van der Waals surface area contributed by atoms with Gasteiger partial charge in [0.15, 0.2) is 0 Å². The van der Waals surface area contributed by atoms with E-state index in [0.717, 1.165) is 31.9 Å². The molecule has 0 spiro atoms. The highest BCUT2D eigenvalue weighted by Crippen LogP contribution is 2.19. The fourth-order valence-corrected chi connectivity index (χ4v) is 2.90. The van der Waals surface area contributed by atoms with Gasteiger partial charge in [-0.2, -0.15) is 0 Å². The number of hydrogen-bond donors (Lipinski definition) is 2. The summed E-state index contributed by atoms with van der Waals surface area (Å²) in [6, 6.07) is 9.85. The molecule has 1 amide bonds. The van der Waals surface area contributed by atoms with Crippen molar-refractivity contribution in [2.24, 2.45) is 11.7 Å². The maximum absolute atomic E-state index is 12.5. The van der Waals surface area contributed by atoms with Crippen LogP contribution in [0.3, 0.4) is 0 Å². The van der Waals surface area contributed by atoms with Crippen LogP contribution in [0.5, 0.6) is 0 Å². The van der Waals surface area contributed by atoms with Crippen LogP contribution in [-0.4, -0.2) is 49.2 Å². The van der Waals surface area contributed by atoms with E-state index in [9.17, 15) is 4.79 Å². The average molecular weight is 392 g/mol. The van der Waals surface area contributed by atoms with E-state index in [1.165, 1.54) is 0 Å². The highest BCUT2D eigenvalue weighted by Gasteiger charge is 2.27. The molecule has 0 saturated carbocycles. The van der Waals surface area contributed by atoms with E-state index < -0.39 is 0 Å². The van der Waals surface area contributed by atoms with Gasteiger partial charge in [-0.1, -0.05) is 37.3 Å². The maximum Gasteiger partial charge on any atom is 0.225 e. The molecule has 0 aromatic heterocycles. The van der Waals surface area contributed by atoms with Crippen LogP contribution in [0.4, 0.5) is 0 Å². The Bertz CT molecular complexity index is 498. The molecule has 5 nitrogen and oxygen atoms in total. The molecule has 1 fully saturated rings. The molecule has 4 atom stereocenters. The molecule has 144 valence electrons. The Labute approximate surface area is 163 Å². The van der Waals surface area contributed by atoms with Crippen LogP contribution in [0.1, 0.15) is 32.4 Å². The third-order valence-electron chi connectivity index (χ3n) is 4.85. The number of benzene rings is 1. The first-order chi connectivity index (χ1) is 11.0. The molecule has 2 rings (SSSR count). The van der Waals surface area contributed by atoms with E-state index in [1.54, 1.807) is 0 Å². The van der Waals surface area contributed by atoms with Crippen LogP contribution in [0.2, 0.25) is 0 Å². The highest BCUT2D eigenvalue weighted by atomic mass is 35.5. The molecule has 1 heterocycles. The summed E-state index contributed by atoms with van der Waals surface area (Å²) in [5, 5.41) is 3.13. The van der Waals surface area contributed by atoms with Crippen molar-refractivity contribution in [3.8, 4) is 0 Å². The van der Waals surface area contributed by atoms with Crippen molar-refractivity contribution in [1.82, 2.24) is 10.2 Å². The van der Waals surface area contributed by atoms with Crippen molar-refractivity contribution in [3.05, 3.63) is 35.9 Å². The Hall–Kier alpha value is -0.850. The third-order valence-corrected chi connectivity index (χ3v) is 4.85. The number of amides is 1. The summed E-state index contributed by atoms with van der Waals surface area (Å²) in [4.78, 5) is 14.9. The zero-order chi connectivity index (χ0) is 16.8. The Morgan fingerprint density at radius 1 is 1.12 bits per heavy atom.